The molecule has 0 bridgehead atoms. The molecule has 1 N–H and O–H groups in total. The number of rotatable bonds is 4. The molecule has 1 saturated heterocycles. The molecule has 28 heavy (non-hydrogen) atoms. The van der Waals surface area contributed by atoms with Crippen molar-refractivity contribution in [3.63, 3.8) is 0 Å². The number of carbonyl (C=O) groups is 1. The first-order valence-electron chi connectivity index (χ1n) is 8.68. The molecule has 1 aromatic carbocycles. The van der Waals surface area contributed by atoms with Crippen molar-refractivity contribution in [1.29, 1.82) is 0 Å². The van der Waals surface area contributed by atoms with Gasteiger partial charge in [0.15, 0.2) is 9.84 Å². The van der Waals surface area contributed by atoms with Gasteiger partial charge in [0.2, 0.25) is 5.91 Å². The number of sulfone groups is 1. The summed E-state index contributed by atoms with van der Waals surface area (Å²) in [6.07, 6.45) is -4.42. The minimum atomic E-state index is -4.61. The second kappa shape index (κ2) is 7.23. The fourth-order valence-corrected chi connectivity index (χ4v) is 5.07. The van der Waals surface area contributed by atoms with E-state index >= 15 is 0 Å². The van der Waals surface area contributed by atoms with Crippen molar-refractivity contribution in [2.24, 2.45) is 5.92 Å². The summed E-state index contributed by atoms with van der Waals surface area (Å²) in [5, 5.41) is 6.64. The number of aromatic nitrogens is 2. The molecule has 1 fully saturated rings. The van der Waals surface area contributed by atoms with Gasteiger partial charge in [0, 0.05) is 12.2 Å². The van der Waals surface area contributed by atoms with E-state index in [-0.39, 0.29) is 35.7 Å². The molecule has 1 amide bonds. The SMILES string of the molecule is Cc1cc(C)n(-c2ccc(CNC(=O)[C@H]3CCS(=O)(=O)C3)c(C(F)(F)F)c2)n1. The highest BCUT2D eigenvalue weighted by Gasteiger charge is 2.35. The minimum absolute atomic E-state index is 0.0732. The van der Waals surface area contributed by atoms with Gasteiger partial charge in [0.05, 0.1) is 34.4 Å². The van der Waals surface area contributed by atoms with E-state index in [0.29, 0.717) is 11.4 Å². The molecule has 0 aliphatic carbocycles. The van der Waals surface area contributed by atoms with E-state index < -0.39 is 33.4 Å². The van der Waals surface area contributed by atoms with Gasteiger partial charge < -0.3 is 5.32 Å². The number of alkyl halides is 3. The highest BCUT2D eigenvalue weighted by molar-refractivity contribution is 7.91. The summed E-state index contributed by atoms with van der Waals surface area (Å²) in [4.78, 5) is 12.1. The maximum Gasteiger partial charge on any atom is 0.416 e. The lowest BCUT2D eigenvalue weighted by Crippen LogP contribution is -2.31. The largest absolute Gasteiger partial charge is 0.416 e. The number of halogens is 3. The van der Waals surface area contributed by atoms with Crippen molar-refractivity contribution < 1.29 is 26.4 Å². The first-order chi connectivity index (χ1) is 13.0. The van der Waals surface area contributed by atoms with E-state index in [0.717, 1.165) is 6.07 Å². The van der Waals surface area contributed by atoms with E-state index in [1.807, 2.05) is 0 Å². The first kappa shape index (κ1) is 20.4. The Morgan fingerprint density at radius 3 is 2.54 bits per heavy atom. The monoisotopic (exact) mass is 415 g/mol. The number of nitrogens with zero attached hydrogens (tertiary/aromatic N) is 2. The molecular weight excluding hydrogens is 395 g/mol. The van der Waals surface area contributed by atoms with Gasteiger partial charge in [-0.15, -0.1) is 0 Å². The fourth-order valence-electron chi connectivity index (χ4n) is 3.33. The molecule has 1 atom stereocenters. The summed E-state index contributed by atoms with van der Waals surface area (Å²) in [7, 11) is -3.24. The zero-order valence-corrected chi connectivity index (χ0v) is 16.2. The number of carbonyl (C=O) groups excluding carboxylic acids is 1. The number of amides is 1. The van der Waals surface area contributed by atoms with Gasteiger partial charge in [-0.05, 0) is 44.0 Å². The smallest absolute Gasteiger partial charge is 0.352 e. The number of hydrogen-bond donors (Lipinski definition) is 1. The van der Waals surface area contributed by atoms with Gasteiger partial charge in [-0.25, -0.2) is 13.1 Å². The molecule has 1 aliphatic heterocycles. The van der Waals surface area contributed by atoms with Crippen LogP contribution in [0, 0.1) is 19.8 Å². The molecule has 1 aliphatic rings. The maximum absolute atomic E-state index is 13.6. The summed E-state index contributed by atoms with van der Waals surface area (Å²) >= 11 is 0. The van der Waals surface area contributed by atoms with Crippen molar-refractivity contribution in [3.8, 4) is 5.69 Å². The van der Waals surface area contributed by atoms with Crippen LogP contribution in [0.15, 0.2) is 24.3 Å². The van der Waals surface area contributed by atoms with Crippen LogP contribution >= 0.6 is 0 Å². The molecule has 152 valence electrons. The van der Waals surface area contributed by atoms with Crippen LogP contribution in [0.5, 0.6) is 0 Å². The molecule has 0 spiro atoms. The maximum atomic E-state index is 13.6. The van der Waals surface area contributed by atoms with Crippen LogP contribution < -0.4 is 5.32 Å². The second-order valence-electron chi connectivity index (χ2n) is 7.00. The van der Waals surface area contributed by atoms with Crippen LogP contribution in [0.4, 0.5) is 13.2 Å². The molecule has 2 heterocycles. The van der Waals surface area contributed by atoms with Crippen molar-refractivity contribution in [2.75, 3.05) is 11.5 Å². The standard InChI is InChI=1S/C18H20F3N3O3S/c1-11-7-12(2)24(23-11)15-4-3-13(16(8-15)18(19,20)21)9-22-17(25)14-5-6-28(26,27)10-14/h3-4,7-8,14H,5-6,9-10H2,1-2H3,(H,22,25)/t14-/m0/s1. The van der Waals surface area contributed by atoms with E-state index in [1.165, 1.54) is 16.8 Å². The first-order valence-corrected chi connectivity index (χ1v) is 10.5. The Kier molecular flexibility index (Phi) is 5.26. The summed E-state index contributed by atoms with van der Waals surface area (Å²) in [6.45, 7) is 3.17. The topological polar surface area (TPSA) is 81.1 Å². The van der Waals surface area contributed by atoms with Gasteiger partial charge >= 0.3 is 6.18 Å². The Morgan fingerprint density at radius 1 is 1.29 bits per heavy atom. The lowest BCUT2D eigenvalue weighted by atomic mass is 10.0. The van der Waals surface area contributed by atoms with Crippen LogP contribution in [-0.2, 0) is 27.4 Å². The van der Waals surface area contributed by atoms with Gasteiger partial charge in [0.1, 0.15) is 0 Å². The average molecular weight is 415 g/mol. The average Bonchev–Trinajstić information content (AvgIpc) is 3.12. The fraction of sp³-hybridized carbons (Fsp3) is 0.444. The molecule has 0 radical (unpaired) electrons. The van der Waals surface area contributed by atoms with Gasteiger partial charge in [-0.2, -0.15) is 18.3 Å². The minimum Gasteiger partial charge on any atom is -0.352 e. The summed E-state index contributed by atoms with van der Waals surface area (Å²) in [5.41, 5.74) is 0.710. The molecule has 10 heteroatoms. The normalized spacial score (nSPS) is 19.0. The summed E-state index contributed by atoms with van der Waals surface area (Å²) in [6, 6.07) is 5.58. The second-order valence-corrected chi connectivity index (χ2v) is 9.22. The Bertz CT molecular complexity index is 1010. The molecule has 0 saturated carbocycles. The van der Waals surface area contributed by atoms with Gasteiger partial charge in [-0.1, -0.05) is 6.07 Å². The third-order valence-corrected chi connectivity index (χ3v) is 6.48. The lowest BCUT2D eigenvalue weighted by Gasteiger charge is -2.16. The summed E-state index contributed by atoms with van der Waals surface area (Å²) in [5.74, 6) is -1.59. The van der Waals surface area contributed by atoms with Crippen LogP contribution in [-0.4, -0.2) is 35.6 Å². The number of aryl methyl sites for hydroxylation is 2. The van der Waals surface area contributed by atoms with Crippen molar-refractivity contribution in [2.45, 2.75) is 33.0 Å². The molecular formula is C18H20F3N3O3S. The van der Waals surface area contributed by atoms with Gasteiger partial charge in [0.25, 0.3) is 0 Å². The van der Waals surface area contributed by atoms with E-state index in [1.54, 1.807) is 19.9 Å². The van der Waals surface area contributed by atoms with Crippen LogP contribution in [0.1, 0.15) is 28.9 Å². The highest BCUT2D eigenvalue weighted by Crippen LogP contribution is 2.34. The van der Waals surface area contributed by atoms with E-state index in [2.05, 4.69) is 10.4 Å². The lowest BCUT2D eigenvalue weighted by molar-refractivity contribution is -0.138. The summed E-state index contributed by atoms with van der Waals surface area (Å²) < 4.78 is 65.0. The van der Waals surface area contributed by atoms with Crippen LogP contribution in [0.3, 0.4) is 0 Å². The number of hydrogen-bond acceptors (Lipinski definition) is 4. The van der Waals surface area contributed by atoms with Crippen molar-refractivity contribution in [3.05, 3.63) is 46.8 Å². The van der Waals surface area contributed by atoms with E-state index in [9.17, 15) is 26.4 Å². The van der Waals surface area contributed by atoms with Gasteiger partial charge in [-0.3, -0.25) is 4.79 Å². The Balaban J connectivity index is 1.83. The predicted molar refractivity (Wildman–Crippen MR) is 96.6 cm³/mol. The predicted octanol–water partition coefficient (Wildman–Crippen LogP) is 2.56. The molecule has 0 unspecified atom stereocenters. The highest BCUT2D eigenvalue weighted by atomic mass is 32.2. The molecule has 6 nitrogen and oxygen atoms in total. The van der Waals surface area contributed by atoms with E-state index in [4.69, 9.17) is 0 Å². The Labute approximate surface area is 160 Å². The molecule has 3 rings (SSSR count). The third kappa shape index (κ3) is 4.37. The van der Waals surface area contributed by atoms with Crippen LogP contribution in [0.25, 0.3) is 5.69 Å². The Morgan fingerprint density at radius 2 is 2.00 bits per heavy atom. The third-order valence-electron chi connectivity index (χ3n) is 4.71. The number of nitrogens with one attached hydrogen (secondary N) is 1. The zero-order valence-electron chi connectivity index (χ0n) is 15.4. The zero-order chi connectivity index (χ0) is 20.7. The molecule has 2 aromatic rings. The van der Waals surface area contributed by atoms with Crippen molar-refractivity contribution >= 4 is 15.7 Å². The Hall–Kier alpha value is -2.36. The quantitative estimate of drug-likeness (QED) is 0.832. The van der Waals surface area contributed by atoms with Crippen molar-refractivity contribution in [1.82, 2.24) is 15.1 Å². The number of benzene rings is 1. The van der Waals surface area contributed by atoms with Crippen LogP contribution in [0.2, 0.25) is 0 Å². The molecule has 1 aromatic heterocycles.